The van der Waals surface area contributed by atoms with Gasteiger partial charge in [0.25, 0.3) is 0 Å². The van der Waals surface area contributed by atoms with Crippen molar-refractivity contribution >= 4 is 17.2 Å². The maximum Gasteiger partial charge on any atom is 0.189 e. The van der Waals surface area contributed by atoms with Gasteiger partial charge in [0.15, 0.2) is 5.84 Å². The molecule has 2 heterocycles. The lowest BCUT2D eigenvalue weighted by molar-refractivity contribution is 0.318. The molecule has 2 aromatic rings. The molecule has 1 unspecified atom stereocenters. The van der Waals surface area contributed by atoms with Crippen molar-refractivity contribution in [3.63, 3.8) is 0 Å². The van der Waals surface area contributed by atoms with Crippen LogP contribution < -0.4 is 11.1 Å². The first-order chi connectivity index (χ1) is 10.1. The molecule has 6 heteroatoms. The van der Waals surface area contributed by atoms with Crippen LogP contribution in [0, 0.1) is 6.92 Å². The Hall–Kier alpha value is -1.92. The zero-order valence-corrected chi connectivity index (χ0v) is 13.0. The normalized spacial score (nSPS) is 13.3. The molecule has 0 aromatic carbocycles. The molecule has 0 saturated heterocycles. The fourth-order valence-corrected chi connectivity index (χ4v) is 3.13. The summed E-state index contributed by atoms with van der Waals surface area (Å²) in [5, 5.41) is 15.3. The summed E-state index contributed by atoms with van der Waals surface area (Å²) >= 11 is 1.82. The molecule has 0 fully saturated rings. The van der Waals surface area contributed by atoms with Crippen LogP contribution >= 0.6 is 11.3 Å². The van der Waals surface area contributed by atoms with Gasteiger partial charge in [0.05, 0.1) is 0 Å². The number of hydrogen-bond acceptors (Lipinski definition) is 5. The largest absolute Gasteiger partial charge is 0.409 e. The van der Waals surface area contributed by atoms with Gasteiger partial charge >= 0.3 is 0 Å². The van der Waals surface area contributed by atoms with Gasteiger partial charge in [-0.1, -0.05) is 11.2 Å². The van der Waals surface area contributed by atoms with Crippen LogP contribution in [0.3, 0.4) is 0 Å². The van der Waals surface area contributed by atoms with E-state index in [4.69, 9.17) is 10.9 Å². The van der Waals surface area contributed by atoms with Crippen LogP contribution in [0.5, 0.6) is 0 Å². The van der Waals surface area contributed by atoms with E-state index < -0.39 is 0 Å². The van der Waals surface area contributed by atoms with Crippen LogP contribution in [0.4, 0.5) is 0 Å². The maximum absolute atomic E-state index is 8.79. The molecular weight excluding hydrogens is 284 g/mol. The van der Waals surface area contributed by atoms with Crippen molar-refractivity contribution in [2.24, 2.45) is 10.9 Å². The van der Waals surface area contributed by atoms with E-state index in [-0.39, 0.29) is 5.84 Å². The van der Waals surface area contributed by atoms with Gasteiger partial charge in [-0.25, -0.2) is 0 Å². The third-order valence-electron chi connectivity index (χ3n) is 3.19. The minimum absolute atomic E-state index is 0.0361. The summed E-state index contributed by atoms with van der Waals surface area (Å²) in [5.74, 6) is 0.0361. The van der Waals surface area contributed by atoms with Crippen molar-refractivity contribution in [1.82, 2.24) is 10.3 Å². The number of rotatable bonds is 6. The summed E-state index contributed by atoms with van der Waals surface area (Å²) in [6.45, 7) is 4.89. The van der Waals surface area contributed by atoms with Crippen LogP contribution in [-0.4, -0.2) is 22.1 Å². The number of oxime groups is 1. The second-order valence-electron chi connectivity index (χ2n) is 4.99. The number of hydrogen-bond donors (Lipinski definition) is 3. The molecule has 0 aliphatic carbocycles. The number of thiophene rings is 1. The van der Waals surface area contributed by atoms with Crippen LogP contribution in [0.2, 0.25) is 0 Å². The lowest BCUT2D eigenvalue weighted by Crippen LogP contribution is -2.29. The maximum atomic E-state index is 8.79. The van der Waals surface area contributed by atoms with Crippen molar-refractivity contribution in [1.29, 1.82) is 0 Å². The molecule has 0 bridgehead atoms. The SMILES string of the molecule is Cc1ccc(CC(C)NCc2cccnc2C(N)=NO)s1. The molecule has 0 amide bonds. The quantitative estimate of drug-likeness (QED) is 0.331. The predicted octanol–water partition coefficient (Wildman–Crippen LogP) is 2.27. The molecule has 1 atom stereocenters. The van der Waals surface area contributed by atoms with Gasteiger partial charge in [-0.3, -0.25) is 4.98 Å². The zero-order valence-electron chi connectivity index (χ0n) is 12.2. The molecule has 112 valence electrons. The summed E-state index contributed by atoms with van der Waals surface area (Å²) in [6.07, 6.45) is 2.62. The van der Waals surface area contributed by atoms with Crippen molar-refractivity contribution in [2.75, 3.05) is 0 Å². The molecule has 0 aliphatic rings. The van der Waals surface area contributed by atoms with Crippen molar-refractivity contribution in [2.45, 2.75) is 32.9 Å². The standard InChI is InChI=1S/C15H20N4OS/c1-10(8-13-6-5-11(2)21-13)18-9-12-4-3-7-17-14(12)15(16)19-20/h3-7,10,18,20H,8-9H2,1-2H3,(H2,16,19). The Morgan fingerprint density at radius 3 is 2.95 bits per heavy atom. The number of amidine groups is 1. The molecule has 2 aromatic heterocycles. The molecular formula is C15H20N4OS. The average molecular weight is 304 g/mol. The highest BCUT2D eigenvalue weighted by atomic mass is 32.1. The second kappa shape index (κ2) is 7.19. The number of aryl methyl sites for hydroxylation is 1. The van der Waals surface area contributed by atoms with E-state index in [9.17, 15) is 0 Å². The fourth-order valence-electron chi connectivity index (χ4n) is 2.11. The van der Waals surface area contributed by atoms with E-state index in [1.807, 2.05) is 23.5 Å². The number of nitrogens with zero attached hydrogens (tertiary/aromatic N) is 2. The highest BCUT2D eigenvalue weighted by Crippen LogP contribution is 2.17. The first-order valence-electron chi connectivity index (χ1n) is 6.80. The molecule has 0 radical (unpaired) electrons. The Morgan fingerprint density at radius 2 is 2.29 bits per heavy atom. The van der Waals surface area contributed by atoms with Gasteiger partial charge in [0, 0.05) is 28.5 Å². The van der Waals surface area contributed by atoms with E-state index in [1.54, 1.807) is 6.20 Å². The van der Waals surface area contributed by atoms with E-state index >= 15 is 0 Å². The first kappa shape index (κ1) is 15.5. The minimum atomic E-state index is 0.0361. The van der Waals surface area contributed by atoms with E-state index in [2.05, 4.69) is 41.4 Å². The van der Waals surface area contributed by atoms with Gasteiger partial charge in [-0.2, -0.15) is 0 Å². The molecule has 2 rings (SSSR count). The van der Waals surface area contributed by atoms with E-state index in [0.717, 1.165) is 12.0 Å². The Balaban J connectivity index is 1.96. The molecule has 0 spiro atoms. The summed E-state index contributed by atoms with van der Waals surface area (Å²) < 4.78 is 0. The van der Waals surface area contributed by atoms with Crippen molar-refractivity contribution in [3.05, 3.63) is 51.5 Å². The van der Waals surface area contributed by atoms with Gasteiger partial charge in [-0.15, -0.1) is 11.3 Å². The van der Waals surface area contributed by atoms with Crippen molar-refractivity contribution in [3.8, 4) is 0 Å². The monoisotopic (exact) mass is 304 g/mol. The van der Waals surface area contributed by atoms with Crippen LogP contribution in [0.15, 0.2) is 35.6 Å². The number of nitrogens with two attached hydrogens (primary N) is 1. The smallest absolute Gasteiger partial charge is 0.189 e. The van der Waals surface area contributed by atoms with Gasteiger partial charge in [0.2, 0.25) is 0 Å². The molecule has 4 N–H and O–H groups in total. The fraction of sp³-hybridized carbons (Fsp3) is 0.333. The number of aromatic nitrogens is 1. The summed E-state index contributed by atoms with van der Waals surface area (Å²) in [4.78, 5) is 6.86. The number of nitrogens with one attached hydrogen (secondary N) is 1. The predicted molar refractivity (Wildman–Crippen MR) is 85.8 cm³/mol. The molecule has 21 heavy (non-hydrogen) atoms. The third-order valence-corrected chi connectivity index (χ3v) is 4.21. The Bertz CT molecular complexity index is 624. The Morgan fingerprint density at radius 1 is 1.48 bits per heavy atom. The average Bonchev–Trinajstić information content (AvgIpc) is 2.89. The highest BCUT2D eigenvalue weighted by Gasteiger charge is 2.10. The Labute approximate surface area is 128 Å². The van der Waals surface area contributed by atoms with E-state index in [0.29, 0.717) is 18.3 Å². The Kier molecular flexibility index (Phi) is 5.30. The van der Waals surface area contributed by atoms with Crippen molar-refractivity contribution < 1.29 is 5.21 Å². The zero-order chi connectivity index (χ0) is 15.2. The first-order valence-corrected chi connectivity index (χ1v) is 7.62. The lowest BCUT2D eigenvalue weighted by atomic mass is 10.1. The summed E-state index contributed by atoms with van der Waals surface area (Å²) in [6, 6.07) is 8.42. The van der Waals surface area contributed by atoms with Gasteiger partial charge in [-0.05, 0) is 44.0 Å². The molecule has 5 nitrogen and oxygen atoms in total. The van der Waals surface area contributed by atoms with Crippen LogP contribution in [0.25, 0.3) is 0 Å². The highest BCUT2D eigenvalue weighted by molar-refractivity contribution is 7.11. The molecule has 0 aliphatic heterocycles. The lowest BCUT2D eigenvalue weighted by Gasteiger charge is -2.14. The van der Waals surface area contributed by atoms with E-state index in [1.165, 1.54) is 9.75 Å². The third kappa shape index (κ3) is 4.27. The van der Waals surface area contributed by atoms with Crippen LogP contribution in [0.1, 0.15) is 27.9 Å². The summed E-state index contributed by atoms with van der Waals surface area (Å²) in [7, 11) is 0. The number of pyridine rings is 1. The van der Waals surface area contributed by atoms with Gasteiger partial charge in [0.1, 0.15) is 5.69 Å². The summed E-state index contributed by atoms with van der Waals surface area (Å²) in [5.41, 5.74) is 7.08. The topological polar surface area (TPSA) is 83.5 Å². The molecule has 0 saturated carbocycles. The van der Waals surface area contributed by atoms with Gasteiger partial charge < -0.3 is 16.3 Å². The minimum Gasteiger partial charge on any atom is -0.409 e. The second-order valence-corrected chi connectivity index (χ2v) is 6.37. The van der Waals surface area contributed by atoms with Crippen LogP contribution in [-0.2, 0) is 13.0 Å².